The quantitative estimate of drug-likeness (QED) is 0.751. The van der Waals surface area contributed by atoms with Crippen LogP contribution in [0.2, 0.25) is 0 Å². The number of hydrogen-bond acceptors (Lipinski definition) is 2. The molecule has 2 aliphatic carbocycles. The van der Waals surface area contributed by atoms with Crippen molar-refractivity contribution in [3.63, 3.8) is 0 Å². The zero-order chi connectivity index (χ0) is 10.9. The number of hydrogen-bond donors (Lipinski definition) is 2. The Balaban J connectivity index is 2.03. The van der Waals surface area contributed by atoms with E-state index >= 15 is 0 Å². The summed E-state index contributed by atoms with van der Waals surface area (Å²) in [6, 6.07) is 0. The molecule has 0 heterocycles. The molecule has 0 aromatic rings. The highest BCUT2D eigenvalue weighted by Crippen LogP contribution is 2.42. The van der Waals surface area contributed by atoms with E-state index < -0.39 is 11.6 Å². The molecule has 3 heteroatoms. The second-order valence-corrected chi connectivity index (χ2v) is 5.21. The number of aliphatic hydroxyl groups is 1. The lowest BCUT2D eigenvalue weighted by molar-refractivity contribution is -0.168. The standard InChI is InChI=1S/C12H20O3/c13-11(14)12(15,8-9-4-3-5-9)10-6-1-2-7-10/h9-10,15H,1-8H2,(H,13,14). The molecule has 1 atom stereocenters. The van der Waals surface area contributed by atoms with Crippen molar-refractivity contribution in [2.45, 2.75) is 57.0 Å². The SMILES string of the molecule is O=C(O)C(O)(CC1CCC1)C1CCCC1. The first-order valence-electron chi connectivity index (χ1n) is 6.08. The minimum atomic E-state index is -1.43. The number of carboxylic acids is 1. The Bertz CT molecular complexity index is 241. The molecule has 2 rings (SSSR count). The molecule has 0 aliphatic heterocycles. The van der Waals surface area contributed by atoms with Crippen LogP contribution in [0, 0.1) is 11.8 Å². The molecule has 0 bridgehead atoms. The van der Waals surface area contributed by atoms with Crippen molar-refractivity contribution in [1.82, 2.24) is 0 Å². The lowest BCUT2D eigenvalue weighted by Crippen LogP contribution is -2.47. The fourth-order valence-corrected chi connectivity index (χ4v) is 2.97. The molecular formula is C12H20O3. The molecule has 2 aliphatic rings. The first kappa shape index (κ1) is 10.9. The maximum Gasteiger partial charge on any atom is 0.335 e. The largest absolute Gasteiger partial charge is 0.479 e. The van der Waals surface area contributed by atoms with Crippen molar-refractivity contribution in [2.75, 3.05) is 0 Å². The second kappa shape index (κ2) is 4.12. The van der Waals surface area contributed by atoms with E-state index in [9.17, 15) is 15.0 Å². The van der Waals surface area contributed by atoms with Gasteiger partial charge >= 0.3 is 5.97 Å². The van der Waals surface area contributed by atoms with Crippen LogP contribution in [0.1, 0.15) is 51.4 Å². The van der Waals surface area contributed by atoms with Crippen LogP contribution in [0.5, 0.6) is 0 Å². The first-order chi connectivity index (χ1) is 7.13. The smallest absolute Gasteiger partial charge is 0.335 e. The number of rotatable bonds is 4. The van der Waals surface area contributed by atoms with Crippen molar-refractivity contribution in [1.29, 1.82) is 0 Å². The van der Waals surface area contributed by atoms with Gasteiger partial charge in [-0.05, 0) is 31.1 Å². The number of carboxylic acid groups (broad SMARTS) is 1. The highest BCUT2D eigenvalue weighted by atomic mass is 16.4. The van der Waals surface area contributed by atoms with Gasteiger partial charge in [-0.2, -0.15) is 0 Å². The summed E-state index contributed by atoms with van der Waals surface area (Å²) < 4.78 is 0. The molecule has 1 unspecified atom stereocenters. The van der Waals surface area contributed by atoms with Gasteiger partial charge in [-0.15, -0.1) is 0 Å². The van der Waals surface area contributed by atoms with Gasteiger partial charge in [0.05, 0.1) is 0 Å². The molecule has 0 radical (unpaired) electrons. The maximum atomic E-state index is 11.2. The molecule has 3 nitrogen and oxygen atoms in total. The second-order valence-electron chi connectivity index (χ2n) is 5.21. The molecule has 0 amide bonds. The van der Waals surface area contributed by atoms with Crippen LogP contribution < -0.4 is 0 Å². The number of aliphatic carboxylic acids is 1. The Hall–Kier alpha value is -0.570. The minimum Gasteiger partial charge on any atom is -0.479 e. The zero-order valence-corrected chi connectivity index (χ0v) is 9.11. The summed E-state index contributed by atoms with van der Waals surface area (Å²) >= 11 is 0. The summed E-state index contributed by atoms with van der Waals surface area (Å²) in [6.07, 6.45) is 7.80. The van der Waals surface area contributed by atoms with Gasteiger partial charge < -0.3 is 10.2 Å². The predicted octanol–water partition coefficient (Wildman–Crippen LogP) is 2.18. The van der Waals surface area contributed by atoms with Gasteiger partial charge in [-0.25, -0.2) is 4.79 Å². The van der Waals surface area contributed by atoms with Crippen LogP contribution in [0.4, 0.5) is 0 Å². The molecule has 0 aromatic heterocycles. The summed E-state index contributed by atoms with van der Waals surface area (Å²) in [4.78, 5) is 11.2. The zero-order valence-electron chi connectivity index (χ0n) is 9.11. The van der Waals surface area contributed by atoms with E-state index in [1.54, 1.807) is 0 Å². The lowest BCUT2D eigenvalue weighted by atomic mass is 9.72. The topological polar surface area (TPSA) is 57.5 Å². The molecular weight excluding hydrogens is 192 g/mol. The summed E-state index contributed by atoms with van der Waals surface area (Å²) in [6.45, 7) is 0. The monoisotopic (exact) mass is 212 g/mol. The Morgan fingerprint density at radius 1 is 1.13 bits per heavy atom. The van der Waals surface area contributed by atoms with Crippen LogP contribution in [-0.4, -0.2) is 21.8 Å². The third-order valence-electron chi connectivity index (χ3n) is 4.23. The van der Waals surface area contributed by atoms with E-state index in [-0.39, 0.29) is 5.92 Å². The summed E-state index contributed by atoms with van der Waals surface area (Å²) in [5.74, 6) is -0.552. The van der Waals surface area contributed by atoms with Gasteiger partial charge in [0.2, 0.25) is 0 Å². The highest BCUT2D eigenvalue weighted by molar-refractivity contribution is 5.77. The van der Waals surface area contributed by atoms with E-state index in [2.05, 4.69) is 0 Å². The molecule has 0 saturated heterocycles. The molecule has 2 saturated carbocycles. The average molecular weight is 212 g/mol. The van der Waals surface area contributed by atoms with E-state index in [1.807, 2.05) is 0 Å². The van der Waals surface area contributed by atoms with Crippen molar-refractivity contribution in [3.05, 3.63) is 0 Å². The van der Waals surface area contributed by atoms with E-state index in [0.29, 0.717) is 12.3 Å². The van der Waals surface area contributed by atoms with Crippen molar-refractivity contribution in [3.8, 4) is 0 Å². The molecule has 15 heavy (non-hydrogen) atoms. The van der Waals surface area contributed by atoms with Crippen molar-refractivity contribution >= 4 is 5.97 Å². The molecule has 0 aromatic carbocycles. The van der Waals surface area contributed by atoms with Gasteiger partial charge in [0, 0.05) is 0 Å². The van der Waals surface area contributed by atoms with Crippen molar-refractivity contribution < 1.29 is 15.0 Å². The Kier molecular flexibility index (Phi) is 3.01. The molecule has 2 N–H and O–H groups in total. The van der Waals surface area contributed by atoms with E-state index in [4.69, 9.17) is 0 Å². The van der Waals surface area contributed by atoms with Gasteiger partial charge in [0.1, 0.15) is 0 Å². The van der Waals surface area contributed by atoms with Crippen molar-refractivity contribution in [2.24, 2.45) is 11.8 Å². The van der Waals surface area contributed by atoms with Gasteiger partial charge in [-0.3, -0.25) is 0 Å². The van der Waals surface area contributed by atoms with Crippen LogP contribution in [-0.2, 0) is 4.79 Å². The Morgan fingerprint density at radius 3 is 2.13 bits per heavy atom. The summed E-state index contributed by atoms with van der Waals surface area (Å²) in [5.41, 5.74) is -1.43. The fourth-order valence-electron chi connectivity index (χ4n) is 2.97. The van der Waals surface area contributed by atoms with Crippen LogP contribution in [0.3, 0.4) is 0 Å². The van der Waals surface area contributed by atoms with Crippen LogP contribution in [0.25, 0.3) is 0 Å². The van der Waals surface area contributed by atoms with Crippen LogP contribution >= 0.6 is 0 Å². The molecule has 0 spiro atoms. The normalized spacial score (nSPS) is 27.3. The number of carbonyl (C=O) groups is 1. The summed E-state index contributed by atoms with van der Waals surface area (Å²) in [7, 11) is 0. The Labute approximate surface area is 90.5 Å². The molecule has 86 valence electrons. The summed E-state index contributed by atoms with van der Waals surface area (Å²) in [5, 5.41) is 19.5. The van der Waals surface area contributed by atoms with Gasteiger partial charge in [0.15, 0.2) is 5.60 Å². The van der Waals surface area contributed by atoms with Crippen LogP contribution in [0.15, 0.2) is 0 Å². The van der Waals surface area contributed by atoms with Gasteiger partial charge in [-0.1, -0.05) is 32.1 Å². The highest BCUT2D eigenvalue weighted by Gasteiger charge is 2.46. The molecule has 2 fully saturated rings. The average Bonchev–Trinajstić information content (AvgIpc) is 2.63. The third kappa shape index (κ3) is 2.03. The minimum absolute atomic E-state index is 0.00407. The lowest BCUT2D eigenvalue weighted by Gasteiger charge is -2.36. The maximum absolute atomic E-state index is 11.2. The third-order valence-corrected chi connectivity index (χ3v) is 4.23. The van der Waals surface area contributed by atoms with E-state index in [1.165, 1.54) is 6.42 Å². The van der Waals surface area contributed by atoms with E-state index in [0.717, 1.165) is 38.5 Å². The first-order valence-corrected chi connectivity index (χ1v) is 6.08. The predicted molar refractivity (Wildman–Crippen MR) is 56.5 cm³/mol. The Morgan fingerprint density at radius 2 is 1.73 bits per heavy atom. The van der Waals surface area contributed by atoms with Gasteiger partial charge in [0.25, 0.3) is 0 Å². The fraction of sp³-hybridized carbons (Fsp3) is 0.917.